The van der Waals surface area contributed by atoms with Crippen LogP contribution in [0.3, 0.4) is 0 Å². The smallest absolute Gasteiger partial charge is 0.312 e. The van der Waals surface area contributed by atoms with Crippen molar-refractivity contribution in [1.82, 2.24) is 0 Å². The Balaban J connectivity index is 1.80. The first kappa shape index (κ1) is 14.5. The van der Waals surface area contributed by atoms with E-state index in [9.17, 15) is 14.7 Å². The summed E-state index contributed by atoms with van der Waals surface area (Å²) < 4.78 is 5.75. The number of aliphatic carboxylic acids is 1. The number of rotatable bonds is 2. The Bertz CT molecular complexity index is 972. The Morgan fingerprint density at radius 1 is 1.12 bits per heavy atom. The number of hydrogen-bond acceptors (Lipinski definition) is 3. The van der Waals surface area contributed by atoms with Crippen LogP contribution in [0, 0.1) is 6.92 Å². The zero-order chi connectivity index (χ0) is 16.8. The first-order valence-electron chi connectivity index (χ1n) is 7.69. The molecule has 5 nitrogen and oxygen atoms in total. The largest absolute Gasteiger partial charge is 0.481 e. The monoisotopic (exact) mass is 321 g/mol. The third kappa shape index (κ3) is 2.01. The molecule has 0 fully saturated rings. The summed E-state index contributed by atoms with van der Waals surface area (Å²) in [6.07, 6.45) is 0. The number of carbonyl (C=O) groups excluding carboxylic acids is 1. The zero-order valence-corrected chi connectivity index (χ0v) is 13.0. The van der Waals surface area contributed by atoms with Crippen LogP contribution in [-0.2, 0) is 4.79 Å². The normalized spacial score (nSPS) is 16.4. The zero-order valence-electron chi connectivity index (χ0n) is 13.0. The van der Waals surface area contributed by atoms with Gasteiger partial charge in [0.25, 0.3) is 5.91 Å². The van der Waals surface area contributed by atoms with Gasteiger partial charge in [0.05, 0.1) is 0 Å². The predicted molar refractivity (Wildman–Crippen MR) is 89.4 cm³/mol. The molecule has 24 heavy (non-hydrogen) atoms. The fraction of sp³-hybridized carbons (Fsp3) is 0.158. The molecule has 0 unspecified atom stereocenters. The van der Waals surface area contributed by atoms with Crippen LogP contribution in [0.15, 0.2) is 52.9 Å². The molecule has 0 saturated carbocycles. The number of benzene rings is 2. The summed E-state index contributed by atoms with van der Waals surface area (Å²) in [5.41, 5.74) is 2.72. The van der Waals surface area contributed by atoms with Crippen molar-refractivity contribution in [2.75, 3.05) is 11.4 Å². The maximum Gasteiger partial charge on any atom is 0.312 e. The third-order valence-corrected chi connectivity index (χ3v) is 4.55. The van der Waals surface area contributed by atoms with Crippen LogP contribution in [0.5, 0.6) is 0 Å². The number of carbonyl (C=O) groups is 2. The second-order valence-corrected chi connectivity index (χ2v) is 5.92. The van der Waals surface area contributed by atoms with Gasteiger partial charge in [-0.3, -0.25) is 9.59 Å². The van der Waals surface area contributed by atoms with E-state index >= 15 is 0 Å². The molecule has 2 aromatic carbocycles. The van der Waals surface area contributed by atoms with Gasteiger partial charge < -0.3 is 14.4 Å². The number of carboxylic acid groups (broad SMARTS) is 1. The van der Waals surface area contributed by atoms with Gasteiger partial charge in [0.1, 0.15) is 11.5 Å². The van der Waals surface area contributed by atoms with Crippen molar-refractivity contribution in [2.45, 2.75) is 12.8 Å². The van der Waals surface area contributed by atoms with Crippen LogP contribution in [-0.4, -0.2) is 23.5 Å². The molecule has 1 atom stereocenters. The number of hydrogen-bond donors (Lipinski definition) is 1. The Labute approximate surface area is 138 Å². The van der Waals surface area contributed by atoms with Gasteiger partial charge in [-0.2, -0.15) is 0 Å². The first-order valence-corrected chi connectivity index (χ1v) is 7.69. The molecule has 1 aliphatic heterocycles. The van der Waals surface area contributed by atoms with E-state index in [2.05, 4.69) is 0 Å². The van der Waals surface area contributed by atoms with E-state index in [1.54, 1.807) is 24.3 Å². The van der Waals surface area contributed by atoms with Crippen molar-refractivity contribution >= 4 is 28.5 Å². The molecular weight excluding hydrogens is 306 g/mol. The highest BCUT2D eigenvalue weighted by atomic mass is 16.4. The fourth-order valence-corrected chi connectivity index (χ4v) is 3.31. The lowest BCUT2D eigenvalue weighted by Crippen LogP contribution is -2.31. The molecule has 5 heteroatoms. The molecule has 1 N–H and O–H groups in total. The molecule has 4 rings (SSSR count). The summed E-state index contributed by atoms with van der Waals surface area (Å²) >= 11 is 0. The summed E-state index contributed by atoms with van der Waals surface area (Å²) in [7, 11) is 0. The van der Waals surface area contributed by atoms with E-state index in [1.165, 1.54) is 4.90 Å². The van der Waals surface area contributed by atoms with Gasteiger partial charge >= 0.3 is 5.97 Å². The van der Waals surface area contributed by atoms with Crippen LogP contribution in [0.2, 0.25) is 0 Å². The van der Waals surface area contributed by atoms with Crippen molar-refractivity contribution in [1.29, 1.82) is 0 Å². The highest BCUT2D eigenvalue weighted by Gasteiger charge is 2.38. The molecule has 3 aromatic rings. The number of aryl methyl sites for hydroxylation is 1. The van der Waals surface area contributed by atoms with Crippen LogP contribution in [0.25, 0.3) is 11.0 Å². The molecule has 120 valence electrons. The van der Waals surface area contributed by atoms with Gasteiger partial charge in [-0.25, -0.2) is 0 Å². The lowest BCUT2D eigenvalue weighted by Gasteiger charge is -2.16. The van der Waals surface area contributed by atoms with Gasteiger partial charge in [0, 0.05) is 23.2 Å². The van der Waals surface area contributed by atoms with Crippen molar-refractivity contribution in [3.8, 4) is 0 Å². The molecule has 1 aliphatic rings. The van der Waals surface area contributed by atoms with E-state index in [0.717, 1.165) is 10.9 Å². The van der Waals surface area contributed by atoms with E-state index in [1.807, 2.05) is 31.2 Å². The highest BCUT2D eigenvalue weighted by molar-refractivity contribution is 6.10. The number of carboxylic acids is 1. The summed E-state index contributed by atoms with van der Waals surface area (Å²) in [4.78, 5) is 26.0. The van der Waals surface area contributed by atoms with Gasteiger partial charge in [-0.05, 0) is 24.6 Å². The minimum atomic E-state index is -0.931. The first-order chi connectivity index (χ1) is 11.6. The van der Waals surface area contributed by atoms with Crippen LogP contribution in [0.4, 0.5) is 5.69 Å². The highest BCUT2D eigenvalue weighted by Crippen LogP contribution is 2.38. The summed E-state index contributed by atoms with van der Waals surface area (Å²) in [6.45, 7) is 1.96. The quantitative estimate of drug-likeness (QED) is 0.783. The summed E-state index contributed by atoms with van der Waals surface area (Å²) in [5.74, 6) is -1.69. The number of amides is 1. The maximum absolute atomic E-state index is 13.0. The van der Waals surface area contributed by atoms with Crippen LogP contribution < -0.4 is 4.90 Å². The molecule has 2 heterocycles. The average Bonchev–Trinajstić information content (AvgIpc) is 3.14. The van der Waals surface area contributed by atoms with Crippen molar-refractivity contribution in [3.63, 3.8) is 0 Å². The summed E-state index contributed by atoms with van der Waals surface area (Å²) in [6, 6.07) is 14.6. The van der Waals surface area contributed by atoms with Gasteiger partial charge in [0.2, 0.25) is 0 Å². The van der Waals surface area contributed by atoms with Crippen molar-refractivity contribution in [3.05, 3.63) is 65.4 Å². The van der Waals surface area contributed by atoms with E-state index in [0.29, 0.717) is 16.8 Å². The summed E-state index contributed by atoms with van der Waals surface area (Å²) in [5, 5.41) is 10.3. The number of fused-ring (bicyclic) bond motifs is 2. The van der Waals surface area contributed by atoms with Crippen molar-refractivity contribution in [2.24, 2.45) is 0 Å². The van der Waals surface area contributed by atoms with Gasteiger partial charge in [-0.1, -0.05) is 36.4 Å². The Hall–Kier alpha value is -3.08. The predicted octanol–water partition coefficient (Wildman–Crippen LogP) is 3.57. The van der Waals surface area contributed by atoms with Gasteiger partial charge in [-0.15, -0.1) is 0 Å². The van der Waals surface area contributed by atoms with Crippen LogP contribution >= 0.6 is 0 Å². The third-order valence-electron chi connectivity index (χ3n) is 4.55. The lowest BCUT2D eigenvalue weighted by atomic mass is 10.0. The fourth-order valence-electron chi connectivity index (χ4n) is 3.31. The molecule has 0 aliphatic carbocycles. The number of para-hydroxylation sites is 2. The number of nitrogens with zero attached hydrogens (tertiary/aromatic N) is 1. The standard InChI is InChI=1S/C19H15NO4/c1-11-12-6-3-5-9-16(12)24-17(11)18(21)20-10-14(19(22)23)13-7-2-4-8-15(13)20/h2-9,14H,10H2,1H3,(H,22,23)/t14-/m0/s1. The van der Waals surface area contributed by atoms with Crippen LogP contribution in [0.1, 0.15) is 27.6 Å². The molecule has 1 amide bonds. The SMILES string of the molecule is Cc1c(C(=O)N2C[C@H](C(=O)O)c3ccccc32)oc2ccccc12. The average molecular weight is 321 g/mol. The number of furan rings is 1. The minimum Gasteiger partial charge on any atom is -0.481 e. The topological polar surface area (TPSA) is 70.8 Å². The second kappa shape index (κ2) is 5.23. The van der Waals surface area contributed by atoms with E-state index in [4.69, 9.17) is 4.42 Å². The van der Waals surface area contributed by atoms with E-state index in [-0.39, 0.29) is 18.2 Å². The molecular formula is C19H15NO4. The Morgan fingerprint density at radius 3 is 2.58 bits per heavy atom. The van der Waals surface area contributed by atoms with Gasteiger partial charge in [0.15, 0.2) is 5.76 Å². The van der Waals surface area contributed by atoms with Crippen molar-refractivity contribution < 1.29 is 19.1 Å². The Kier molecular flexibility index (Phi) is 3.16. The lowest BCUT2D eigenvalue weighted by molar-refractivity contribution is -0.138. The Morgan fingerprint density at radius 2 is 1.83 bits per heavy atom. The molecule has 0 bridgehead atoms. The maximum atomic E-state index is 13.0. The molecule has 0 radical (unpaired) electrons. The molecule has 1 aromatic heterocycles. The van der Waals surface area contributed by atoms with E-state index < -0.39 is 11.9 Å². The molecule has 0 saturated heterocycles. The molecule has 0 spiro atoms. The number of anilines is 1. The minimum absolute atomic E-state index is 0.115. The second-order valence-electron chi connectivity index (χ2n) is 5.92.